The van der Waals surface area contributed by atoms with Crippen molar-refractivity contribution in [3.05, 3.63) is 59.9 Å². The van der Waals surface area contributed by atoms with Crippen LogP contribution in [0, 0.1) is 0 Å². The molecule has 0 aliphatic rings. The average Bonchev–Trinajstić information content (AvgIpc) is 2.50. The maximum absolute atomic E-state index is 4.54. The van der Waals surface area contributed by atoms with Gasteiger partial charge in [0.25, 0.3) is 0 Å². The van der Waals surface area contributed by atoms with Crippen LogP contribution in [0.25, 0.3) is 0 Å². The number of para-hydroxylation sites is 1. The van der Waals surface area contributed by atoms with Crippen LogP contribution in [0.4, 0.5) is 5.69 Å². The first-order valence-electron chi connectivity index (χ1n) is 7.20. The molecule has 1 heterocycles. The smallest absolute Gasteiger partial charge is 0.0598 e. The van der Waals surface area contributed by atoms with Crippen molar-refractivity contribution in [2.45, 2.75) is 26.4 Å². The summed E-state index contributed by atoms with van der Waals surface area (Å²) in [6, 6.07) is 14.6. The lowest BCUT2D eigenvalue weighted by atomic mass is 10.2. The van der Waals surface area contributed by atoms with E-state index in [1.165, 1.54) is 11.3 Å². The number of nitrogens with one attached hydrogen (secondary N) is 1. The average molecular weight is 269 g/mol. The second kappa shape index (κ2) is 7.65. The molecule has 1 aromatic carbocycles. The molecule has 0 atom stereocenters. The molecule has 20 heavy (non-hydrogen) atoms. The highest BCUT2D eigenvalue weighted by atomic mass is 15.1. The second-order valence-electron chi connectivity index (χ2n) is 5.03. The largest absolute Gasteiger partial charge is 0.369 e. The molecule has 3 heteroatoms. The molecule has 3 nitrogen and oxygen atoms in total. The molecule has 0 radical (unpaired) electrons. The molecule has 0 fully saturated rings. The minimum absolute atomic E-state index is 0.826. The summed E-state index contributed by atoms with van der Waals surface area (Å²) in [5.74, 6) is 0. The quantitative estimate of drug-likeness (QED) is 0.782. The Bertz CT molecular complexity index is 493. The zero-order valence-electron chi connectivity index (χ0n) is 12.3. The van der Waals surface area contributed by atoms with Gasteiger partial charge in [0.05, 0.1) is 12.2 Å². The van der Waals surface area contributed by atoms with E-state index in [0.29, 0.717) is 0 Å². The van der Waals surface area contributed by atoms with Gasteiger partial charge in [0.2, 0.25) is 0 Å². The van der Waals surface area contributed by atoms with Crippen molar-refractivity contribution >= 4 is 5.69 Å². The van der Waals surface area contributed by atoms with E-state index in [4.69, 9.17) is 0 Å². The monoisotopic (exact) mass is 269 g/mol. The van der Waals surface area contributed by atoms with Crippen LogP contribution in [-0.2, 0) is 13.1 Å². The zero-order chi connectivity index (χ0) is 14.2. The lowest BCUT2D eigenvalue weighted by Crippen LogP contribution is -2.17. The third kappa shape index (κ3) is 4.35. The highest BCUT2D eigenvalue weighted by Gasteiger charge is 2.02. The number of hydrogen-bond donors (Lipinski definition) is 1. The van der Waals surface area contributed by atoms with Crippen molar-refractivity contribution in [1.29, 1.82) is 0 Å². The summed E-state index contributed by atoms with van der Waals surface area (Å²) in [6.07, 6.45) is 3.13. The fourth-order valence-electron chi connectivity index (χ4n) is 2.08. The molecule has 0 aliphatic carbocycles. The van der Waals surface area contributed by atoms with Gasteiger partial charge < -0.3 is 10.2 Å². The maximum Gasteiger partial charge on any atom is 0.0598 e. The normalized spacial score (nSPS) is 10.5. The van der Waals surface area contributed by atoms with Crippen molar-refractivity contribution in [3.63, 3.8) is 0 Å². The minimum atomic E-state index is 0.826. The van der Waals surface area contributed by atoms with E-state index in [1.54, 1.807) is 0 Å². The van der Waals surface area contributed by atoms with Gasteiger partial charge in [0.1, 0.15) is 0 Å². The third-order valence-corrected chi connectivity index (χ3v) is 3.24. The molecule has 0 bridgehead atoms. The number of hydrogen-bond acceptors (Lipinski definition) is 3. The highest BCUT2D eigenvalue weighted by Crippen LogP contribution is 2.13. The summed E-state index contributed by atoms with van der Waals surface area (Å²) in [5, 5.41) is 3.39. The number of nitrogens with zero attached hydrogens (tertiary/aromatic N) is 2. The van der Waals surface area contributed by atoms with Crippen LogP contribution in [0.2, 0.25) is 0 Å². The van der Waals surface area contributed by atoms with Gasteiger partial charge in [-0.3, -0.25) is 4.98 Å². The summed E-state index contributed by atoms with van der Waals surface area (Å²) < 4.78 is 0. The predicted molar refractivity (Wildman–Crippen MR) is 84.8 cm³/mol. The Morgan fingerprint density at radius 3 is 2.55 bits per heavy atom. The summed E-state index contributed by atoms with van der Waals surface area (Å²) in [6.45, 7) is 4.95. The van der Waals surface area contributed by atoms with Gasteiger partial charge in [-0.05, 0) is 36.7 Å². The zero-order valence-corrected chi connectivity index (χ0v) is 12.3. The molecule has 0 spiro atoms. The van der Waals surface area contributed by atoms with E-state index < -0.39 is 0 Å². The Hall–Kier alpha value is -1.87. The molecular formula is C17H23N3. The Labute approximate surface area is 121 Å². The summed E-state index contributed by atoms with van der Waals surface area (Å²) in [5.41, 5.74) is 3.54. The van der Waals surface area contributed by atoms with Crippen molar-refractivity contribution < 1.29 is 0 Å². The minimum Gasteiger partial charge on any atom is -0.369 e. The van der Waals surface area contributed by atoms with Crippen LogP contribution in [0.3, 0.4) is 0 Å². The number of rotatable bonds is 7. The number of benzene rings is 1. The molecule has 0 amide bonds. The fourth-order valence-corrected chi connectivity index (χ4v) is 2.08. The van der Waals surface area contributed by atoms with Crippen molar-refractivity contribution in [1.82, 2.24) is 10.3 Å². The molecule has 0 saturated carbocycles. The number of pyridine rings is 1. The molecular weight excluding hydrogens is 246 g/mol. The topological polar surface area (TPSA) is 28.2 Å². The molecule has 106 valence electrons. The van der Waals surface area contributed by atoms with E-state index in [0.717, 1.165) is 31.7 Å². The molecule has 1 N–H and O–H groups in total. The first-order chi connectivity index (χ1) is 9.79. The lowest BCUT2D eigenvalue weighted by Gasteiger charge is -2.18. The van der Waals surface area contributed by atoms with Crippen molar-refractivity contribution in [2.75, 3.05) is 18.5 Å². The van der Waals surface area contributed by atoms with E-state index in [2.05, 4.69) is 65.6 Å². The van der Waals surface area contributed by atoms with Crippen LogP contribution in [0.5, 0.6) is 0 Å². The maximum atomic E-state index is 4.54. The second-order valence-corrected chi connectivity index (χ2v) is 5.03. The SMILES string of the molecule is CCCNCc1ccc(CN(C)c2ccccc2)nc1. The van der Waals surface area contributed by atoms with E-state index in [-0.39, 0.29) is 0 Å². The highest BCUT2D eigenvalue weighted by molar-refractivity contribution is 5.45. The van der Waals surface area contributed by atoms with Crippen LogP contribution < -0.4 is 10.2 Å². The number of anilines is 1. The third-order valence-electron chi connectivity index (χ3n) is 3.24. The van der Waals surface area contributed by atoms with E-state index >= 15 is 0 Å². The molecule has 0 saturated heterocycles. The number of aromatic nitrogens is 1. The first kappa shape index (κ1) is 14.5. The predicted octanol–water partition coefficient (Wildman–Crippen LogP) is 3.22. The summed E-state index contributed by atoms with van der Waals surface area (Å²) in [4.78, 5) is 6.75. The Morgan fingerprint density at radius 1 is 1.10 bits per heavy atom. The van der Waals surface area contributed by atoms with Gasteiger partial charge in [-0.15, -0.1) is 0 Å². The van der Waals surface area contributed by atoms with Crippen LogP contribution in [0.15, 0.2) is 48.7 Å². The van der Waals surface area contributed by atoms with Crippen LogP contribution in [-0.4, -0.2) is 18.6 Å². The van der Waals surface area contributed by atoms with E-state index in [1.807, 2.05) is 12.3 Å². The molecule has 0 aliphatic heterocycles. The van der Waals surface area contributed by atoms with Gasteiger partial charge in [-0.25, -0.2) is 0 Å². The van der Waals surface area contributed by atoms with Gasteiger partial charge in [0, 0.05) is 25.5 Å². The first-order valence-corrected chi connectivity index (χ1v) is 7.20. The van der Waals surface area contributed by atoms with Crippen LogP contribution in [0.1, 0.15) is 24.6 Å². The Kier molecular flexibility index (Phi) is 5.56. The van der Waals surface area contributed by atoms with Gasteiger partial charge in [-0.1, -0.05) is 31.2 Å². The van der Waals surface area contributed by atoms with Gasteiger partial charge >= 0.3 is 0 Å². The molecule has 1 aromatic heterocycles. The molecule has 2 aromatic rings. The summed E-state index contributed by atoms with van der Waals surface area (Å²) >= 11 is 0. The van der Waals surface area contributed by atoms with Crippen molar-refractivity contribution in [2.24, 2.45) is 0 Å². The summed E-state index contributed by atoms with van der Waals surface area (Å²) in [7, 11) is 2.09. The molecule has 0 unspecified atom stereocenters. The van der Waals surface area contributed by atoms with Gasteiger partial charge in [0.15, 0.2) is 0 Å². The Balaban J connectivity index is 1.90. The van der Waals surface area contributed by atoms with E-state index in [9.17, 15) is 0 Å². The lowest BCUT2D eigenvalue weighted by molar-refractivity contribution is 0.673. The fraction of sp³-hybridized carbons (Fsp3) is 0.353. The standard InChI is InChI=1S/C17H23N3/c1-3-11-18-12-15-9-10-16(19-13-15)14-20(2)17-7-5-4-6-8-17/h4-10,13,18H,3,11-12,14H2,1-2H3. The van der Waals surface area contributed by atoms with Gasteiger partial charge in [-0.2, -0.15) is 0 Å². The van der Waals surface area contributed by atoms with Crippen LogP contribution >= 0.6 is 0 Å². The Morgan fingerprint density at radius 2 is 1.90 bits per heavy atom. The molecule has 2 rings (SSSR count). The van der Waals surface area contributed by atoms with Crippen molar-refractivity contribution in [3.8, 4) is 0 Å².